The lowest BCUT2D eigenvalue weighted by molar-refractivity contribution is 0.0660. The quantitative estimate of drug-likeness (QED) is 0.833. The number of halogens is 1. The Hall–Kier alpha value is 0.1000. The van der Waals surface area contributed by atoms with Crippen molar-refractivity contribution in [1.82, 2.24) is 5.32 Å². The fraction of sp³-hybridized carbons (Fsp3) is 0.667. The Morgan fingerprint density at radius 1 is 1.50 bits per heavy atom. The van der Waals surface area contributed by atoms with Crippen LogP contribution in [0.3, 0.4) is 0 Å². The predicted octanol–water partition coefficient (Wildman–Crippen LogP) is 3.46. The second-order valence-corrected chi connectivity index (χ2v) is 5.60. The summed E-state index contributed by atoms with van der Waals surface area (Å²) < 4.78 is 6.74. The van der Waals surface area contributed by atoms with Crippen LogP contribution in [0.2, 0.25) is 0 Å². The molecule has 4 heteroatoms. The van der Waals surface area contributed by atoms with Crippen LogP contribution < -0.4 is 5.32 Å². The molecule has 1 heterocycles. The van der Waals surface area contributed by atoms with Crippen LogP contribution in [0.5, 0.6) is 0 Å². The second kappa shape index (κ2) is 7.43. The first-order valence-corrected chi connectivity index (χ1v) is 7.38. The van der Waals surface area contributed by atoms with Gasteiger partial charge in [-0.3, -0.25) is 0 Å². The van der Waals surface area contributed by atoms with E-state index in [9.17, 15) is 0 Å². The number of hydrogen-bond acceptors (Lipinski definition) is 3. The minimum Gasteiger partial charge on any atom is -0.380 e. The molecule has 0 spiro atoms. The van der Waals surface area contributed by atoms with Gasteiger partial charge in [0.05, 0.1) is 6.10 Å². The van der Waals surface area contributed by atoms with Gasteiger partial charge in [-0.15, -0.1) is 11.3 Å². The standard InChI is InChI=1S/C12H20BrNOS/c1-4-11(15-3)10(14-5-2)8-12-9(13)6-7-16-12/h6-7,10-11,14H,4-5,8H2,1-3H3. The van der Waals surface area contributed by atoms with Gasteiger partial charge in [-0.2, -0.15) is 0 Å². The third-order valence-corrected chi connectivity index (χ3v) is 4.67. The molecule has 0 amide bonds. The molecule has 2 nitrogen and oxygen atoms in total. The van der Waals surface area contributed by atoms with Crippen molar-refractivity contribution in [3.63, 3.8) is 0 Å². The number of thiophene rings is 1. The minimum absolute atomic E-state index is 0.286. The summed E-state index contributed by atoms with van der Waals surface area (Å²) >= 11 is 5.38. The summed E-state index contributed by atoms with van der Waals surface area (Å²) in [6.45, 7) is 5.29. The van der Waals surface area contributed by atoms with Crippen LogP contribution in [0, 0.1) is 0 Å². The molecule has 0 aliphatic heterocycles. The highest BCUT2D eigenvalue weighted by Gasteiger charge is 2.20. The normalized spacial score (nSPS) is 15.0. The molecule has 2 atom stereocenters. The van der Waals surface area contributed by atoms with E-state index in [-0.39, 0.29) is 6.10 Å². The number of methoxy groups -OCH3 is 1. The zero-order chi connectivity index (χ0) is 12.0. The molecule has 0 aliphatic rings. The van der Waals surface area contributed by atoms with Gasteiger partial charge >= 0.3 is 0 Å². The van der Waals surface area contributed by atoms with Gasteiger partial charge in [-0.1, -0.05) is 13.8 Å². The Morgan fingerprint density at radius 3 is 2.69 bits per heavy atom. The van der Waals surface area contributed by atoms with Crippen molar-refractivity contribution in [3.05, 3.63) is 20.8 Å². The second-order valence-electron chi connectivity index (χ2n) is 3.74. The third-order valence-electron chi connectivity index (χ3n) is 2.72. The van der Waals surface area contributed by atoms with Crippen molar-refractivity contribution in [1.29, 1.82) is 0 Å². The van der Waals surface area contributed by atoms with Crippen LogP contribution in [-0.2, 0) is 11.2 Å². The van der Waals surface area contributed by atoms with Crippen molar-refractivity contribution in [2.75, 3.05) is 13.7 Å². The zero-order valence-electron chi connectivity index (χ0n) is 10.1. The van der Waals surface area contributed by atoms with Gasteiger partial charge in [0.25, 0.3) is 0 Å². The Balaban J connectivity index is 2.67. The smallest absolute Gasteiger partial charge is 0.0725 e. The highest BCUT2D eigenvalue weighted by molar-refractivity contribution is 9.10. The SMILES string of the molecule is CCNC(Cc1sccc1Br)C(CC)OC. The highest BCUT2D eigenvalue weighted by atomic mass is 79.9. The molecule has 16 heavy (non-hydrogen) atoms. The average Bonchev–Trinajstić information content (AvgIpc) is 2.66. The maximum Gasteiger partial charge on any atom is 0.0725 e. The fourth-order valence-electron chi connectivity index (χ4n) is 1.88. The van der Waals surface area contributed by atoms with E-state index in [1.807, 2.05) is 0 Å². The lowest BCUT2D eigenvalue weighted by Crippen LogP contribution is -2.42. The number of likely N-dealkylation sites (N-methyl/N-ethyl adjacent to an activating group) is 1. The van der Waals surface area contributed by atoms with Crippen molar-refractivity contribution >= 4 is 27.3 Å². The molecule has 1 aromatic heterocycles. The number of hydrogen-bond donors (Lipinski definition) is 1. The van der Waals surface area contributed by atoms with Crippen LogP contribution in [0.4, 0.5) is 0 Å². The third kappa shape index (κ3) is 3.84. The van der Waals surface area contributed by atoms with Gasteiger partial charge in [-0.25, -0.2) is 0 Å². The van der Waals surface area contributed by atoms with Gasteiger partial charge < -0.3 is 10.1 Å². The largest absolute Gasteiger partial charge is 0.380 e. The average molecular weight is 306 g/mol. The van der Waals surface area contributed by atoms with Gasteiger partial charge in [0, 0.05) is 28.9 Å². The Labute approximate surface area is 111 Å². The van der Waals surface area contributed by atoms with Crippen molar-refractivity contribution in [3.8, 4) is 0 Å². The summed E-state index contributed by atoms with van der Waals surface area (Å²) in [6, 6.07) is 2.51. The molecule has 0 aliphatic carbocycles. The monoisotopic (exact) mass is 305 g/mol. The zero-order valence-corrected chi connectivity index (χ0v) is 12.5. The summed E-state index contributed by atoms with van der Waals surface area (Å²) in [5.41, 5.74) is 0. The Bertz CT molecular complexity index is 299. The summed E-state index contributed by atoms with van der Waals surface area (Å²) in [4.78, 5) is 1.39. The molecule has 2 unspecified atom stereocenters. The summed E-state index contributed by atoms with van der Waals surface area (Å²) in [6.07, 6.45) is 2.35. The number of ether oxygens (including phenoxy) is 1. The maximum atomic E-state index is 5.53. The summed E-state index contributed by atoms with van der Waals surface area (Å²) in [7, 11) is 1.79. The van der Waals surface area contributed by atoms with Crippen molar-refractivity contribution < 1.29 is 4.74 Å². The molecule has 0 radical (unpaired) electrons. The fourth-order valence-corrected chi connectivity index (χ4v) is 3.46. The van der Waals surface area contributed by atoms with E-state index in [1.165, 1.54) is 9.35 Å². The first-order chi connectivity index (χ1) is 7.72. The van der Waals surface area contributed by atoms with Crippen molar-refractivity contribution in [2.45, 2.75) is 38.8 Å². The lowest BCUT2D eigenvalue weighted by Gasteiger charge is -2.25. The molecule has 92 valence electrons. The summed E-state index contributed by atoms with van der Waals surface area (Å²) in [5, 5.41) is 5.63. The van der Waals surface area contributed by atoms with Crippen LogP contribution in [0.25, 0.3) is 0 Å². The van der Waals surface area contributed by atoms with Crippen molar-refractivity contribution in [2.24, 2.45) is 0 Å². The van der Waals surface area contributed by atoms with Gasteiger partial charge in [-0.05, 0) is 40.3 Å². The maximum absolute atomic E-state index is 5.53. The molecule has 0 fully saturated rings. The molecular formula is C12H20BrNOS. The Morgan fingerprint density at radius 2 is 2.25 bits per heavy atom. The van der Waals surface area contributed by atoms with E-state index >= 15 is 0 Å². The van der Waals surface area contributed by atoms with Crippen LogP contribution >= 0.6 is 27.3 Å². The Kier molecular flexibility index (Phi) is 6.58. The van der Waals surface area contributed by atoms with Crippen LogP contribution in [0.1, 0.15) is 25.1 Å². The molecular weight excluding hydrogens is 286 g/mol. The summed E-state index contributed by atoms with van der Waals surface area (Å²) in [5.74, 6) is 0. The van der Waals surface area contributed by atoms with Gasteiger partial charge in [0.15, 0.2) is 0 Å². The van der Waals surface area contributed by atoms with Gasteiger partial charge in [0.2, 0.25) is 0 Å². The lowest BCUT2D eigenvalue weighted by atomic mass is 10.0. The van der Waals surface area contributed by atoms with E-state index in [1.54, 1.807) is 18.4 Å². The van der Waals surface area contributed by atoms with E-state index < -0.39 is 0 Å². The molecule has 0 saturated carbocycles. The molecule has 0 bridgehead atoms. The molecule has 0 saturated heterocycles. The minimum atomic E-state index is 0.286. The van der Waals surface area contributed by atoms with E-state index in [0.29, 0.717) is 6.04 Å². The number of rotatable bonds is 7. The van der Waals surface area contributed by atoms with Crippen LogP contribution in [-0.4, -0.2) is 25.8 Å². The predicted molar refractivity (Wildman–Crippen MR) is 74.3 cm³/mol. The van der Waals surface area contributed by atoms with E-state index in [2.05, 4.69) is 46.5 Å². The number of nitrogens with one attached hydrogen (secondary N) is 1. The molecule has 1 aromatic rings. The molecule has 0 aromatic carbocycles. The molecule has 1 N–H and O–H groups in total. The topological polar surface area (TPSA) is 21.3 Å². The molecule has 1 rings (SSSR count). The first kappa shape index (κ1) is 14.2. The highest BCUT2D eigenvalue weighted by Crippen LogP contribution is 2.25. The first-order valence-electron chi connectivity index (χ1n) is 5.70. The van der Waals surface area contributed by atoms with Crippen LogP contribution in [0.15, 0.2) is 15.9 Å². The van der Waals surface area contributed by atoms with Gasteiger partial charge in [0.1, 0.15) is 0 Å². The van der Waals surface area contributed by atoms with E-state index in [0.717, 1.165) is 19.4 Å². The van der Waals surface area contributed by atoms with E-state index in [4.69, 9.17) is 4.74 Å².